The summed E-state index contributed by atoms with van der Waals surface area (Å²) >= 11 is 6.16. The van der Waals surface area contributed by atoms with E-state index in [1.807, 2.05) is 36.4 Å². The van der Waals surface area contributed by atoms with Gasteiger partial charge < -0.3 is 5.32 Å². The van der Waals surface area contributed by atoms with Crippen molar-refractivity contribution in [2.45, 2.75) is 6.54 Å². The molecule has 8 heteroatoms. The van der Waals surface area contributed by atoms with E-state index in [0.717, 1.165) is 33.5 Å². The Hall–Kier alpha value is -3.58. The third-order valence-electron chi connectivity index (χ3n) is 4.49. The molecule has 4 rings (SSSR count). The van der Waals surface area contributed by atoms with E-state index in [4.69, 9.17) is 11.6 Å². The molecule has 2 heterocycles. The molecule has 0 aliphatic rings. The van der Waals surface area contributed by atoms with Crippen LogP contribution in [0.25, 0.3) is 16.8 Å². The quantitative estimate of drug-likeness (QED) is 0.498. The number of nitrogens with one attached hydrogen (secondary N) is 1. The average molecular weight is 425 g/mol. The SMILES string of the molecule is O=c1c(Cl)c(NCc2ccc(-c3cccnc3)cc2)cnn1-c1ccc(F)cc1F. The van der Waals surface area contributed by atoms with Gasteiger partial charge in [-0.05, 0) is 34.9 Å². The Balaban J connectivity index is 1.52. The fourth-order valence-electron chi connectivity index (χ4n) is 2.93. The molecule has 0 atom stereocenters. The van der Waals surface area contributed by atoms with E-state index in [9.17, 15) is 13.6 Å². The molecule has 30 heavy (non-hydrogen) atoms. The number of anilines is 1. The summed E-state index contributed by atoms with van der Waals surface area (Å²) in [7, 11) is 0. The first kappa shape index (κ1) is 19.7. The van der Waals surface area contributed by atoms with Gasteiger partial charge in [0.1, 0.15) is 16.5 Å². The van der Waals surface area contributed by atoms with Crippen molar-refractivity contribution in [1.29, 1.82) is 0 Å². The molecule has 150 valence electrons. The highest BCUT2D eigenvalue weighted by Crippen LogP contribution is 2.21. The van der Waals surface area contributed by atoms with Gasteiger partial charge in [-0.1, -0.05) is 41.9 Å². The van der Waals surface area contributed by atoms with Crippen LogP contribution in [0.5, 0.6) is 0 Å². The van der Waals surface area contributed by atoms with Crippen molar-refractivity contribution in [3.8, 4) is 16.8 Å². The molecule has 4 aromatic rings. The molecule has 2 aromatic heterocycles. The van der Waals surface area contributed by atoms with E-state index >= 15 is 0 Å². The fourth-order valence-corrected chi connectivity index (χ4v) is 3.12. The first-order valence-electron chi connectivity index (χ1n) is 8.99. The number of rotatable bonds is 5. The molecule has 0 amide bonds. The molecular formula is C22H15ClF2N4O. The molecule has 0 spiro atoms. The number of aromatic nitrogens is 3. The lowest BCUT2D eigenvalue weighted by atomic mass is 10.1. The molecule has 5 nitrogen and oxygen atoms in total. The van der Waals surface area contributed by atoms with Gasteiger partial charge in [-0.15, -0.1) is 0 Å². The molecule has 2 aromatic carbocycles. The van der Waals surface area contributed by atoms with Gasteiger partial charge in [0.05, 0.1) is 11.9 Å². The number of nitrogens with zero attached hydrogens (tertiary/aromatic N) is 3. The van der Waals surface area contributed by atoms with Crippen molar-refractivity contribution in [3.63, 3.8) is 0 Å². The van der Waals surface area contributed by atoms with E-state index in [0.29, 0.717) is 18.3 Å². The number of benzene rings is 2. The Morgan fingerprint density at radius 3 is 2.50 bits per heavy atom. The second kappa shape index (κ2) is 8.42. The van der Waals surface area contributed by atoms with Gasteiger partial charge in [-0.25, -0.2) is 8.78 Å². The smallest absolute Gasteiger partial charge is 0.292 e. The van der Waals surface area contributed by atoms with Crippen LogP contribution in [0, 0.1) is 11.6 Å². The number of pyridine rings is 1. The first-order chi connectivity index (χ1) is 14.5. The van der Waals surface area contributed by atoms with Crippen LogP contribution in [0.1, 0.15) is 5.56 Å². The number of halogens is 3. The third-order valence-corrected chi connectivity index (χ3v) is 4.85. The molecule has 0 bridgehead atoms. The van der Waals surface area contributed by atoms with E-state index in [2.05, 4.69) is 15.4 Å². The van der Waals surface area contributed by atoms with E-state index in [1.165, 1.54) is 6.20 Å². The van der Waals surface area contributed by atoms with Crippen LogP contribution < -0.4 is 10.9 Å². The second-order valence-electron chi connectivity index (χ2n) is 6.48. The van der Waals surface area contributed by atoms with Crippen LogP contribution in [0.3, 0.4) is 0 Å². The molecule has 0 unspecified atom stereocenters. The van der Waals surface area contributed by atoms with Crippen molar-refractivity contribution in [2.75, 3.05) is 5.32 Å². The Morgan fingerprint density at radius 2 is 1.80 bits per heavy atom. The number of hydrogen-bond donors (Lipinski definition) is 1. The van der Waals surface area contributed by atoms with Crippen LogP contribution in [0.4, 0.5) is 14.5 Å². The molecule has 0 saturated heterocycles. The highest BCUT2D eigenvalue weighted by molar-refractivity contribution is 6.32. The van der Waals surface area contributed by atoms with Crippen molar-refractivity contribution in [3.05, 3.63) is 106 Å². The van der Waals surface area contributed by atoms with Gasteiger partial charge >= 0.3 is 0 Å². The van der Waals surface area contributed by atoms with Crippen LogP contribution >= 0.6 is 11.6 Å². The van der Waals surface area contributed by atoms with Gasteiger partial charge in [0.2, 0.25) is 0 Å². The first-order valence-corrected chi connectivity index (χ1v) is 9.37. The van der Waals surface area contributed by atoms with Crippen LogP contribution in [-0.4, -0.2) is 14.8 Å². The fraction of sp³-hybridized carbons (Fsp3) is 0.0455. The molecule has 1 N–H and O–H groups in total. The van der Waals surface area contributed by atoms with Crippen molar-refractivity contribution in [1.82, 2.24) is 14.8 Å². The van der Waals surface area contributed by atoms with Crippen molar-refractivity contribution >= 4 is 17.3 Å². The lowest BCUT2D eigenvalue weighted by Crippen LogP contribution is -2.23. The summed E-state index contributed by atoms with van der Waals surface area (Å²) in [5.41, 5.74) is 2.44. The average Bonchev–Trinajstić information content (AvgIpc) is 2.76. The lowest BCUT2D eigenvalue weighted by Gasteiger charge is -2.11. The van der Waals surface area contributed by atoms with E-state index in [-0.39, 0.29) is 10.7 Å². The van der Waals surface area contributed by atoms with Crippen LogP contribution in [-0.2, 0) is 6.54 Å². The summed E-state index contributed by atoms with van der Waals surface area (Å²) in [4.78, 5) is 16.6. The van der Waals surface area contributed by atoms with E-state index in [1.54, 1.807) is 12.4 Å². The second-order valence-corrected chi connectivity index (χ2v) is 6.86. The monoisotopic (exact) mass is 424 g/mol. The van der Waals surface area contributed by atoms with Gasteiger partial charge in [-0.3, -0.25) is 9.78 Å². The van der Waals surface area contributed by atoms with Crippen molar-refractivity contribution in [2.24, 2.45) is 0 Å². The van der Waals surface area contributed by atoms with Crippen LogP contribution in [0.2, 0.25) is 5.02 Å². The molecule has 0 fully saturated rings. The summed E-state index contributed by atoms with van der Waals surface area (Å²) in [6, 6.07) is 14.6. The molecule has 0 radical (unpaired) electrons. The van der Waals surface area contributed by atoms with Gasteiger partial charge in [-0.2, -0.15) is 9.78 Å². The summed E-state index contributed by atoms with van der Waals surface area (Å²) in [6.07, 6.45) is 4.84. The Labute approximate surface area is 175 Å². The minimum atomic E-state index is -0.907. The van der Waals surface area contributed by atoms with Crippen molar-refractivity contribution < 1.29 is 8.78 Å². The summed E-state index contributed by atoms with van der Waals surface area (Å²) < 4.78 is 27.9. The zero-order chi connectivity index (χ0) is 21.1. The predicted octanol–water partition coefficient (Wildman–Crippen LogP) is 4.84. The van der Waals surface area contributed by atoms with E-state index < -0.39 is 17.2 Å². The Morgan fingerprint density at radius 1 is 1.00 bits per heavy atom. The van der Waals surface area contributed by atoms with Gasteiger partial charge in [0.15, 0.2) is 5.82 Å². The minimum absolute atomic E-state index is 0.138. The zero-order valence-electron chi connectivity index (χ0n) is 15.5. The Bertz CT molecular complexity index is 1240. The summed E-state index contributed by atoms with van der Waals surface area (Å²) in [5.74, 6) is -1.65. The highest BCUT2D eigenvalue weighted by atomic mass is 35.5. The minimum Gasteiger partial charge on any atom is -0.378 e. The van der Waals surface area contributed by atoms with Gasteiger partial charge in [0.25, 0.3) is 5.56 Å². The molecule has 0 saturated carbocycles. The van der Waals surface area contributed by atoms with Crippen LogP contribution in [0.15, 0.2) is 78.0 Å². The summed E-state index contributed by atoms with van der Waals surface area (Å²) in [6.45, 7) is 0.406. The molecular weight excluding hydrogens is 410 g/mol. The largest absolute Gasteiger partial charge is 0.378 e. The predicted molar refractivity (Wildman–Crippen MR) is 112 cm³/mol. The third kappa shape index (κ3) is 4.06. The zero-order valence-corrected chi connectivity index (χ0v) is 16.3. The summed E-state index contributed by atoms with van der Waals surface area (Å²) in [5, 5.41) is 6.87. The maximum atomic E-state index is 14.0. The Kier molecular flexibility index (Phi) is 5.54. The molecule has 0 aliphatic carbocycles. The normalized spacial score (nSPS) is 10.8. The maximum absolute atomic E-state index is 14.0. The highest BCUT2D eigenvalue weighted by Gasteiger charge is 2.14. The standard InChI is InChI=1S/C22H15ClF2N4O/c23-21-19(13-28-29(22(21)30)20-8-7-17(24)10-18(20)25)27-11-14-3-5-15(6-4-14)16-2-1-9-26-12-16/h1-10,12-13,27H,11H2. The molecule has 0 aliphatic heterocycles. The topological polar surface area (TPSA) is 59.8 Å². The van der Waals surface area contributed by atoms with Gasteiger partial charge in [0, 0.05) is 25.0 Å². The number of hydrogen-bond acceptors (Lipinski definition) is 4. The lowest BCUT2D eigenvalue weighted by molar-refractivity contribution is 0.571. The maximum Gasteiger partial charge on any atom is 0.292 e.